The van der Waals surface area contributed by atoms with Crippen molar-refractivity contribution in [3.05, 3.63) is 34.6 Å². The summed E-state index contributed by atoms with van der Waals surface area (Å²) in [6.45, 7) is 16.1. The average molecular weight is 595 g/mol. The minimum Gasteiger partial charge on any atom is -0.435 e. The first-order valence-corrected chi connectivity index (χ1v) is 16.5. The molecule has 0 aromatic carbocycles. The van der Waals surface area contributed by atoms with Crippen molar-refractivity contribution in [2.24, 2.45) is 39.9 Å². The third-order valence-electron chi connectivity index (χ3n) is 11.2. The minimum absolute atomic E-state index is 0.0434. The summed E-state index contributed by atoms with van der Waals surface area (Å²) in [7, 11) is -4.73. The van der Waals surface area contributed by atoms with Gasteiger partial charge in [0, 0.05) is 6.92 Å². The van der Waals surface area contributed by atoms with Crippen molar-refractivity contribution in [1.82, 2.24) is 0 Å². The highest BCUT2D eigenvalue weighted by Gasteiger charge is 2.62. The van der Waals surface area contributed by atoms with Crippen LogP contribution in [0.4, 0.5) is 0 Å². The molecule has 0 aromatic heterocycles. The third-order valence-corrected chi connectivity index (χ3v) is 11.7. The molecule has 8 atom stereocenters. The van der Waals surface area contributed by atoms with Gasteiger partial charge in [-0.25, -0.2) is 4.18 Å². The van der Waals surface area contributed by atoms with Crippen LogP contribution >= 0.6 is 0 Å². The van der Waals surface area contributed by atoms with E-state index in [1.165, 1.54) is 18.1 Å². The molecule has 41 heavy (non-hydrogen) atoms. The fraction of sp³-hybridized carbons (Fsp3) is 0.781. The molecule has 0 aliphatic heterocycles. The maximum Gasteiger partial charge on any atom is 0.397 e. The highest BCUT2D eigenvalue weighted by Crippen LogP contribution is 2.67. The Hall–Kier alpha value is -1.52. The quantitative estimate of drug-likeness (QED) is 0.180. The highest BCUT2D eigenvalue weighted by molar-refractivity contribution is 7.80. The van der Waals surface area contributed by atoms with Crippen LogP contribution in [-0.2, 0) is 24.1 Å². The fourth-order valence-corrected chi connectivity index (χ4v) is 10.0. The van der Waals surface area contributed by atoms with Crippen molar-refractivity contribution < 1.29 is 36.9 Å². The van der Waals surface area contributed by atoms with E-state index in [0.29, 0.717) is 18.3 Å². The molecule has 0 amide bonds. The van der Waals surface area contributed by atoms with Crippen molar-refractivity contribution in [3.63, 3.8) is 0 Å². The van der Waals surface area contributed by atoms with Crippen LogP contribution in [0.5, 0.6) is 0 Å². The van der Waals surface area contributed by atoms with Crippen molar-refractivity contribution in [1.29, 1.82) is 0 Å². The summed E-state index contributed by atoms with van der Waals surface area (Å²) in [6, 6.07) is 0. The fourth-order valence-electron chi connectivity index (χ4n) is 9.40. The Morgan fingerprint density at radius 3 is 2.37 bits per heavy atom. The van der Waals surface area contributed by atoms with Gasteiger partial charge >= 0.3 is 16.4 Å². The number of hydrogen-bond donors (Lipinski definition) is 3. The topological polar surface area (TPSA) is 130 Å². The summed E-state index contributed by atoms with van der Waals surface area (Å²) in [5, 5.41) is 23.0. The summed E-state index contributed by atoms with van der Waals surface area (Å²) in [6.07, 6.45) is 6.33. The molecule has 4 aliphatic rings. The van der Waals surface area contributed by atoms with Crippen LogP contribution in [0, 0.1) is 39.9 Å². The number of ether oxygens (including phenoxy) is 1. The van der Waals surface area contributed by atoms with E-state index in [-0.39, 0.29) is 29.6 Å². The molecule has 9 heteroatoms. The second-order valence-corrected chi connectivity index (χ2v) is 15.6. The van der Waals surface area contributed by atoms with E-state index in [2.05, 4.69) is 40.7 Å². The molecule has 0 bridgehead atoms. The van der Waals surface area contributed by atoms with Crippen LogP contribution in [0.15, 0.2) is 34.6 Å². The van der Waals surface area contributed by atoms with Crippen molar-refractivity contribution in [3.8, 4) is 0 Å². The van der Waals surface area contributed by atoms with Gasteiger partial charge in [-0.3, -0.25) is 9.35 Å². The number of fused-ring (bicyclic) bond motifs is 4. The predicted octanol–water partition coefficient (Wildman–Crippen LogP) is 5.91. The first-order chi connectivity index (χ1) is 18.8. The molecule has 1 fully saturated rings. The second kappa shape index (κ2) is 11.2. The van der Waals surface area contributed by atoms with Gasteiger partial charge in [-0.15, -0.1) is 0 Å². The third kappa shape index (κ3) is 5.86. The van der Waals surface area contributed by atoms with Gasteiger partial charge < -0.3 is 14.9 Å². The number of esters is 1. The second-order valence-electron chi connectivity index (χ2n) is 14.5. The number of hydrogen-bond acceptors (Lipinski definition) is 7. The summed E-state index contributed by atoms with van der Waals surface area (Å²) < 4.78 is 42.9. The SMILES string of the molecule is CC(=O)OC=C(CC[C@@H](C)[C@H]1CC=C2C3=C([C@@H](O)C[C@@]21C)[C@@]1(C)C[C@@H](O)[C@@H](OS(=O)(=O)O)C(C)(C)C1CC3)C(C)C. The first-order valence-electron chi connectivity index (χ1n) is 15.2. The van der Waals surface area contributed by atoms with Crippen LogP contribution in [0.1, 0.15) is 100 Å². The van der Waals surface area contributed by atoms with Gasteiger partial charge in [-0.05, 0) is 107 Å². The number of aliphatic hydroxyl groups is 2. The number of allylic oxidation sites excluding steroid dienone is 4. The summed E-state index contributed by atoms with van der Waals surface area (Å²) in [4.78, 5) is 11.3. The number of rotatable bonds is 8. The normalized spacial score (nSPS) is 37.7. The molecule has 0 spiro atoms. The van der Waals surface area contributed by atoms with Gasteiger partial charge in [-0.2, -0.15) is 8.42 Å². The molecule has 0 radical (unpaired) electrons. The van der Waals surface area contributed by atoms with Crippen molar-refractivity contribution in [2.45, 2.75) is 119 Å². The highest BCUT2D eigenvalue weighted by atomic mass is 32.3. The minimum atomic E-state index is -4.73. The molecular weight excluding hydrogens is 544 g/mol. The molecule has 4 rings (SSSR count). The molecule has 0 saturated heterocycles. The van der Waals surface area contributed by atoms with Crippen molar-refractivity contribution >= 4 is 16.4 Å². The molecule has 0 aromatic rings. The van der Waals surface area contributed by atoms with Crippen LogP contribution in [-0.4, -0.2) is 47.5 Å². The molecule has 4 aliphatic carbocycles. The van der Waals surface area contributed by atoms with Gasteiger partial charge in [0.25, 0.3) is 0 Å². The standard InChI is InChI=1S/C32H50O8S/c1-18(2)21(17-39-20(4)33)10-9-19(3)23-12-13-24-22-11-14-27-30(5,6)29(40-41(36,37)38)26(35)16-32(27,8)28(22)25(34)15-31(23,24)7/h13,17-19,23,25-27,29,34-35H,9-12,14-16H2,1-8H3,(H,36,37,38)/t19-,23-,25+,26-,27?,29-,31-,32+/m1/s1. The van der Waals surface area contributed by atoms with Crippen LogP contribution < -0.4 is 0 Å². The Balaban J connectivity index is 1.60. The number of aliphatic hydroxyl groups excluding tert-OH is 2. The lowest BCUT2D eigenvalue weighted by atomic mass is 9.45. The smallest absolute Gasteiger partial charge is 0.397 e. The molecule has 0 heterocycles. The largest absolute Gasteiger partial charge is 0.435 e. The van der Waals surface area contributed by atoms with Crippen LogP contribution in [0.25, 0.3) is 0 Å². The Labute approximate surface area is 246 Å². The lowest BCUT2D eigenvalue weighted by Gasteiger charge is -2.61. The Morgan fingerprint density at radius 1 is 1.12 bits per heavy atom. The molecule has 1 saturated carbocycles. The Morgan fingerprint density at radius 2 is 1.78 bits per heavy atom. The molecular formula is C32H50O8S. The van der Waals surface area contributed by atoms with E-state index >= 15 is 0 Å². The van der Waals surface area contributed by atoms with Gasteiger partial charge in [-0.1, -0.05) is 54.5 Å². The molecule has 8 nitrogen and oxygen atoms in total. The van der Waals surface area contributed by atoms with E-state index < -0.39 is 39.5 Å². The molecule has 232 valence electrons. The van der Waals surface area contributed by atoms with Gasteiger partial charge in [0.2, 0.25) is 0 Å². The van der Waals surface area contributed by atoms with E-state index in [1.807, 2.05) is 13.8 Å². The van der Waals surface area contributed by atoms with Gasteiger partial charge in [0.15, 0.2) is 0 Å². The Kier molecular flexibility index (Phi) is 8.85. The predicted molar refractivity (Wildman–Crippen MR) is 157 cm³/mol. The van der Waals surface area contributed by atoms with Crippen LogP contribution in [0.3, 0.4) is 0 Å². The van der Waals surface area contributed by atoms with E-state index in [0.717, 1.165) is 43.3 Å². The van der Waals surface area contributed by atoms with Crippen molar-refractivity contribution in [2.75, 3.05) is 0 Å². The monoisotopic (exact) mass is 594 g/mol. The maximum absolute atomic E-state index is 11.9. The summed E-state index contributed by atoms with van der Waals surface area (Å²) in [5.41, 5.74) is 3.21. The zero-order valence-electron chi connectivity index (χ0n) is 25.9. The van der Waals surface area contributed by atoms with Gasteiger partial charge in [0.05, 0.1) is 18.5 Å². The zero-order valence-corrected chi connectivity index (χ0v) is 26.8. The van der Waals surface area contributed by atoms with Gasteiger partial charge in [0.1, 0.15) is 6.10 Å². The van der Waals surface area contributed by atoms with E-state index in [1.54, 1.807) is 6.26 Å². The first kappa shape index (κ1) is 32.4. The maximum atomic E-state index is 11.9. The number of carbonyl (C=O) groups is 1. The molecule has 1 unspecified atom stereocenters. The lowest BCUT2D eigenvalue weighted by Crippen LogP contribution is -2.61. The number of carbonyl (C=O) groups excluding carboxylic acids is 1. The lowest BCUT2D eigenvalue weighted by molar-refractivity contribution is -0.149. The average Bonchev–Trinajstić information content (AvgIpc) is 3.16. The Bertz CT molecular complexity index is 1240. The zero-order chi connectivity index (χ0) is 30.7. The summed E-state index contributed by atoms with van der Waals surface area (Å²) >= 11 is 0. The van der Waals surface area contributed by atoms with E-state index in [9.17, 15) is 28.0 Å². The van der Waals surface area contributed by atoms with Crippen LogP contribution in [0.2, 0.25) is 0 Å². The summed E-state index contributed by atoms with van der Waals surface area (Å²) in [5.74, 6) is 0.690. The van der Waals surface area contributed by atoms with E-state index in [4.69, 9.17) is 8.92 Å². The molecule has 3 N–H and O–H groups in total.